The molecule has 0 atom stereocenters. The van der Waals surface area contributed by atoms with Crippen LogP contribution >= 0.6 is 0 Å². The van der Waals surface area contributed by atoms with Crippen molar-refractivity contribution in [1.29, 1.82) is 0 Å². The van der Waals surface area contributed by atoms with E-state index < -0.39 is 11.8 Å². The Balaban J connectivity index is 1.89. The Morgan fingerprint density at radius 2 is 1.71 bits per heavy atom. The van der Waals surface area contributed by atoms with Crippen LogP contribution in [-0.4, -0.2) is 25.5 Å². The molecule has 2 N–H and O–H groups in total. The molecule has 6 nitrogen and oxygen atoms in total. The largest absolute Gasteiger partial charge is 0.496 e. The molecular weight excluding hydrogens is 308 g/mol. The molecule has 0 radical (unpaired) electrons. The number of carbonyl (C=O) groups excluding carboxylic acids is 2. The molecule has 0 spiro atoms. The maximum Gasteiger partial charge on any atom is 0.313 e. The molecule has 0 saturated carbocycles. The van der Waals surface area contributed by atoms with E-state index in [0.29, 0.717) is 23.8 Å². The first-order valence-electron chi connectivity index (χ1n) is 7.58. The lowest BCUT2D eigenvalue weighted by Gasteiger charge is -2.10. The van der Waals surface area contributed by atoms with Crippen molar-refractivity contribution < 1.29 is 19.1 Å². The van der Waals surface area contributed by atoms with Crippen LogP contribution in [0.5, 0.6) is 11.5 Å². The van der Waals surface area contributed by atoms with Gasteiger partial charge in [0.15, 0.2) is 0 Å². The van der Waals surface area contributed by atoms with Crippen molar-refractivity contribution in [2.75, 3.05) is 19.0 Å². The zero-order chi connectivity index (χ0) is 17.4. The summed E-state index contributed by atoms with van der Waals surface area (Å²) >= 11 is 0. The number of benzene rings is 2. The summed E-state index contributed by atoms with van der Waals surface area (Å²) in [5.74, 6) is -0.0790. The lowest BCUT2D eigenvalue weighted by atomic mass is 10.2. The molecule has 0 aliphatic rings. The van der Waals surface area contributed by atoms with Crippen LogP contribution in [0.2, 0.25) is 0 Å². The van der Waals surface area contributed by atoms with E-state index >= 15 is 0 Å². The Kier molecular flexibility index (Phi) is 6.19. The van der Waals surface area contributed by atoms with E-state index in [1.54, 1.807) is 37.4 Å². The quantitative estimate of drug-likeness (QED) is 0.798. The Hall–Kier alpha value is -3.02. The van der Waals surface area contributed by atoms with Gasteiger partial charge in [0.05, 0.1) is 13.7 Å². The predicted molar refractivity (Wildman–Crippen MR) is 91.1 cm³/mol. The van der Waals surface area contributed by atoms with Gasteiger partial charge in [-0.1, -0.05) is 18.2 Å². The van der Waals surface area contributed by atoms with E-state index in [-0.39, 0.29) is 6.54 Å². The van der Waals surface area contributed by atoms with Crippen molar-refractivity contribution in [1.82, 2.24) is 5.32 Å². The molecule has 6 heteroatoms. The SMILES string of the molecule is CCOc1ccc(NC(=O)C(=O)NCc2ccccc2OC)cc1. The summed E-state index contributed by atoms with van der Waals surface area (Å²) < 4.78 is 10.5. The third-order valence-electron chi connectivity index (χ3n) is 3.26. The van der Waals surface area contributed by atoms with Crippen LogP contribution in [0, 0.1) is 0 Å². The maximum atomic E-state index is 11.9. The number of hydrogen-bond acceptors (Lipinski definition) is 4. The third-order valence-corrected chi connectivity index (χ3v) is 3.26. The number of anilines is 1. The molecule has 126 valence electrons. The van der Waals surface area contributed by atoms with E-state index in [1.165, 1.54) is 0 Å². The summed E-state index contributed by atoms with van der Waals surface area (Å²) in [5, 5.41) is 5.11. The van der Waals surface area contributed by atoms with Crippen molar-refractivity contribution in [2.24, 2.45) is 0 Å². The van der Waals surface area contributed by atoms with Gasteiger partial charge in [0.25, 0.3) is 0 Å². The zero-order valence-electron chi connectivity index (χ0n) is 13.7. The van der Waals surface area contributed by atoms with E-state index in [4.69, 9.17) is 9.47 Å². The maximum absolute atomic E-state index is 11.9. The molecule has 2 amide bonds. The number of amides is 2. The van der Waals surface area contributed by atoms with Gasteiger partial charge in [-0.3, -0.25) is 9.59 Å². The Bertz CT molecular complexity index is 698. The first kappa shape index (κ1) is 17.3. The van der Waals surface area contributed by atoms with Crippen molar-refractivity contribution in [2.45, 2.75) is 13.5 Å². The van der Waals surface area contributed by atoms with Crippen LogP contribution in [0.15, 0.2) is 48.5 Å². The molecule has 0 heterocycles. The van der Waals surface area contributed by atoms with Gasteiger partial charge < -0.3 is 20.1 Å². The fourth-order valence-electron chi connectivity index (χ4n) is 2.09. The molecule has 0 aromatic heterocycles. The number of rotatable bonds is 6. The highest BCUT2D eigenvalue weighted by molar-refractivity contribution is 6.39. The molecule has 0 unspecified atom stereocenters. The van der Waals surface area contributed by atoms with Crippen molar-refractivity contribution in [3.63, 3.8) is 0 Å². The van der Waals surface area contributed by atoms with Crippen molar-refractivity contribution in [3.05, 3.63) is 54.1 Å². The summed E-state index contributed by atoms with van der Waals surface area (Å²) in [6, 6.07) is 14.1. The highest BCUT2D eigenvalue weighted by atomic mass is 16.5. The van der Waals surface area contributed by atoms with Gasteiger partial charge in [0.1, 0.15) is 11.5 Å². The molecule has 0 aliphatic heterocycles. The van der Waals surface area contributed by atoms with Gasteiger partial charge in [-0.2, -0.15) is 0 Å². The second-order valence-corrected chi connectivity index (χ2v) is 4.91. The number of hydrogen-bond donors (Lipinski definition) is 2. The summed E-state index contributed by atoms with van der Waals surface area (Å²) in [5.41, 5.74) is 1.32. The summed E-state index contributed by atoms with van der Waals surface area (Å²) in [6.07, 6.45) is 0. The molecule has 0 fully saturated rings. The number of nitrogens with one attached hydrogen (secondary N) is 2. The Morgan fingerprint density at radius 3 is 2.38 bits per heavy atom. The van der Waals surface area contributed by atoms with Gasteiger partial charge in [0, 0.05) is 17.8 Å². The van der Waals surface area contributed by atoms with Crippen molar-refractivity contribution >= 4 is 17.5 Å². The minimum absolute atomic E-state index is 0.208. The van der Waals surface area contributed by atoms with Crippen LogP contribution < -0.4 is 20.1 Å². The molecule has 2 aromatic rings. The summed E-state index contributed by atoms with van der Waals surface area (Å²) in [7, 11) is 1.55. The van der Waals surface area contributed by atoms with Crippen LogP contribution in [0.25, 0.3) is 0 Å². The van der Waals surface area contributed by atoms with E-state index in [0.717, 1.165) is 5.56 Å². The van der Waals surface area contributed by atoms with Gasteiger partial charge in [-0.05, 0) is 37.3 Å². The van der Waals surface area contributed by atoms with Crippen LogP contribution in [-0.2, 0) is 16.1 Å². The molecule has 24 heavy (non-hydrogen) atoms. The average Bonchev–Trinajstić information content (AvgIpc) is 2.61. The van der Waals surface area contributed by atoms with Gasteiger partial charge in [-0.25, -0.2) is 0 Å². The molecule has 2 rings (SSSR count). The monoisotopic (exact) mass is 328 g/mol. The number of ether oxygens (including phenoxy) is 2. The second-order valence-electron chi connectivity index (χ2n) is 4.91. The first-order chi connectivity index (χ1) is 11.6. The zero-order valence-corrected chi connectivity index (χ0v) is 13.7. The molecule has 2 aromatic carbocycles. The fraction of sp³-hybridized carbons (Fsp3) is 0.222. The topological polar surface area (TPSA) is 76.7 Å². The van der Waals surface area contributed by atoms with Crippen molar-refractivity contribution in [3.8, 4) is 11.5 Å². The second kappa shape index (κ2) is 8.57. The lowest BCUT2D eigenvalue weighted by Crippen LogP contribution is -2.35. The van der Waals surface area contributed by atoms with Gasteiger partial charge in [0.2, 0.25) is 0 Å². The lowest BCUT2D eigenvalue weighted by molar-refractivity contribution is -0.136. The average molecular weight is 328 g/mol. The van der Waals surface area contributed by atoms with E-state index in [9.17, 15) is 9.59 Å². The molecule has 0 saturated heterocycles. The number of para-hydroxylation sites is 1. The fourth-order valence-corrected chi connectivity index (χ4v) is 2.09. The minimum Gasteiger partial charge on any atom is -0.496 e. The smallest absolute Gasteiger partial charge is 0.313 e. The highest BCUT2D eigenvalue weighted by Gasteiger charge is 2.14. The standard InChI is InChI=1S/C18H20N2O4/c1-3-24-15-10-8-14(9-11-15)20-18(22)17(21)19-12-13-6-4-5-7-16(13)23-2/h4-11H,3,12H2,1-2H3,(H,19,21)(H,20,22). The van der Waals surface area contributed by atoms with Gasteiger partial charge in [-0.15, -0.1) is 0 Å². The van der Waals surface area contributed by atoms with Gasteiger partial charge >= 0.3 is 11.8 Å². The number of methoxy groups -OCH3 is 1. The predicted octanol–water partition coefficient (Wildman–Crippen LogP) is 2.35. The summed E-state index contributed by atoms with van der Waals surface area (Å²) in [4.78, 5) is 23.8. The Morgan fingerprint density at radius 1 is 1.00 bits per heavy atom. The highest BCUT2D eigenvalue weighted by Crippen LogP contribution is 2.17. The minimum atomic E-state index is -0.728. The Labute approximate surface area is 140 Å². The molecule has 0 aliphatic carbocycles. The molecular formula is C18H20N2O4. The van der Waals surface area contributed by atoms with E-state index in [1.807, 2.05) is 25.1 Å². The third kappa shape index (κ3) is 4.74. The van der Waals surface area contributed by atoms with E-state index in [2.05, 4.69) is 10.6 Å². The summed E-state index contributed by atoms with van der Waals surface area (Å²) in [6.45, 7) is 2.67. The first-order valence-corrected chi connectivity index (χ1v) is 7.58. The number of carbonyl (C=O) groups is 2. The van der Waals surface area contributed by atoms with Crippen LogP contribution in [0.4, 0.5) is 5.69 Å². The molecule has 0 bridgehead atoms. The normalized spacial score (nSPS) is 9.92. The van der Waals surface area contributed by atoms with Crippen LogP contribution in [0.1, 0.15) is 12.5 Å². The van der Waals surface area contributed by atoms with Crippen LogP contribution in [0.3, 0.4) is 0 Å².